The summed E-state index contributed by atoms with van der Waals surface area (Å²) in [5, 5.41) is 7.50. The van der Waals surface area contributed by atoms with Crippen molar-refractivity contribution in [1.29, 1.82) is 0 Å². The minimum absolute atomic E-state index is 0.132. The first-order valence-electron chi connectivity index (χ1n) is 11.0. The molecular formula is C22H35N3O3. The first-order valence-corrected chi connectivity index (χ1v) is 11.0. The smallest absolute Gasteiger partial charge is 0.207 e. The van der Waals surface area contributed by atoms with Gasteiger partial charge in [-0.1, -0.05) is 19.0 Å². The van der Waals surface area contributed by atoms with Crippen LogP contribution in [0.1, 0.15) is 65.2 Å². The number of ketones is 1. The van der Waals surface area contributed by atoms with Crippen molar-refractivity contribution >= 4 is 17.9 Å². The van der Waals surface area contributed by atoms with Crippen LogP contribution in [0.25, 0.3) is 0 Å². The predicted molar refractivity (Wildman–Crippen MR) is 108 cm³/mol. The summed E-state index contributed by atoms with van der Waals surface area (Å²) in [5.74, 6) is 2.51. The molecule has 4 aliphatic carbocycles. The Morgan fingerprint density at radius 1 is 1.21 bits per heavy atom. The number of nitrogens with one attached hydrogen (secondary N) is 1. The summed E-state index contributed by atoms with van der Waals surface area (Å²) in [5.41, 5.74) is 6.66. The van der Waals surface area contributed by atoms with Gasteiger partial charge >= 0.3 is 0 Å². The number of rotatable bonds is 5. The third kappa shape index (κ3) is 2.99. The summed E-state index contributed by atoms with van der Waals surface area (Å²) >= 11 is 0. The predicted octanol–water partition coefficient (Wildman–Crippen LogP) is 2.65. The van der Waals surface area contributed by atoms with Gasteiger partial charge in [0.15, 0.2) is 0 Å². The first-order chi connectivity index (χ1) is 13.4. The van der Waals surface area contributed by atoms with Crippen LogP contribution in [0, 0.1) is 34.5 Å². The Bertz CT molecular complexity index is 665. The largest absolute Gasteiger partial charge is 0.395 e. The van der Waals surface area contributed by atoms with E-state index >= 15 is 0 Å². The fourth-order valence-corrected chi connectivity index (χ4v) is 7.46. The molecule has 28 heavy (non-hydrogen) atoms. The lowest BCUT2D eigenvalue weighted by molar-refractivity contribution is -0.140. The van der Waals surface area contributed by atoms with Gasteiger partial charge in [-0.3, -0.25) is 9.59 Å². The fraction of sp³-hybridized carbons (Fsp3) is 0.864. The van der Waals surface area contributed by atoms with Crippen LogP contribution in [0.5, 0.6) is 0 Å². The zero-order valence-electron chi connectivity index (χ0n) is 17.3. The van der Waals surface area contributed by atoms with E-state index in [4.69, 9.17) is 10.6 Å². The van der Waals surface area contributed by atoms with Gasteiger partial charge in [0.1, 0.15) is 12.4 Å². The fourth-order valence-electron chi connectivity index (χ4n) is 7.46. The maximum absolute atomic E-state index is 12.6. The first kappa shape index (κ1) is 19.9. The Hall–Kier alpha value is -1.43. The Morgan fingerprint density at radius 2 is 2.04 bits per heavy atom. The standard InChI is InChI=1S/C22H35N3O3/c1-21-7-5-14(25-28-10-9-23)11-18(21)19(24-13-26)12-15-16-3-4-20(27)22(16,2)8-6-17(15)21/h13,15-19H,3-12,23H2,1-2H3,(H,24,26)/t15-,16-,17-,18?,19-,21+,22-/m0/s1. The lowest BCUT2D eigenvalue weighted by Crippen LogP contribution is -2.60. The Morgan fingerprint density at radius 3 is 2.79 bits per heavy atom. The van der Waals surface area contributed by atoms with Gasteiger partial charge in [-0.15, -0.1) is 0 Å². The van der Waals surface area contributed by atoms with Crippen LogP contribution in [-0.2, 0) is 14.4 Å². The van der Waals surface area contributed by atoms with Gasteiger partial charge in [0.05, 0.1) is 5.71 Å². The molecule has 6 heteroatoms. The maximum Gasteiger partial charge on any atom is 0.207 e. The number of carbonyl (C=O) groups is 2. The molecule has 1 unspecified atom stereocenters. The van der Waals surface area contributed by atoms with Crippen molar-refractivity contribution in [3.05, 3.63) is 0 Å². The van der Waals surface area contributed by atoms with Crippen LogP contribution in [0.2, 0.25) is 0 Å². The molecule has 0 bridgehead atoms. The van der Waals surface area contributed by atoms with E-state index in [-0.39, 0.29) is 16.9 Å². The summed E-state index contributed by atoms with van der Waals surface area (Å²) in [4.78, 5) is 29.4. The normalized spacial score (nSPS) is 46.5. The zero-order valence-corrected chi connectivity index (χ0v) is 17.3. The van der Waals surface area contributed by atoms with Crippen LogP contribution < -0.4 is 11.1 Å². The topological polar surface area (TPSA) is 93.8 Å². The quantitative estimate of drug-likeness (QED) is 0.429. The minimum atomic E-state index is -0.132. The van der Waals surface area contributed by atoms with E-state index in [1.165, 1.54) is 0 Å². The highest BCUT2D eigenvalue weighted by molar-refractivity contribution is 5.87. The van der Waals surface area contributed by atoms with Gasteiger partial charge < -0.3 is 15.9 Å². The van der Waals surface area contributed by atoms with Crippen molar-refractivity contribution < 1.29 is 14.4 Å². The average molecular weight is 390 g/mol. The molecule has 3 N–H and O–H groups in total. The molecule has 6 nitrogen and oxygen atoms in total. The number of carbonyl (C=O) groups excluding carboxylic acids is 2. The Labute approximate surface area is 168 Å². The van der Waals surface area contributed by atoms with Crippen LogP contribution in [0.4, 0.5) is 0 Å². The second-order valence-electron chi connectivity index (χ2n) is 10.0. The molecule has 156 valence electrons. The maximum atomic E-state index is 12.6. The van der Waals surface area contributed by atoms with E-state index in [1.807, 2.05) is 0 Å². The van der Waals surface area contributed by atoms with Crippen molar-refractivity contribution in [2.75, 3.05) is 13.2 Å². The average Bonchev–Trinajstić information content (AvgIpc) is 2.98. The third-order valence-corrected chi connectivity index (χ3v) is 8.94. The van der Waals surface area contributed by atoms with Crippen molar-refractivity contribution in [2.45, 2.75) is 71.3 Å². The zero-order chi connectivity index (χ0) is 19.9. The van der Waals surface area contributed by atoms with Gasteiger partial charge in [-0.2, -0.15) is 0 Å². The van der Waals surface area contributed by atoms with E-state index in [0.717, 1.165) is 63.5 Å². The number of Topliss-reactive ketones (excluding diaryl/α,β-unsaturated/α-hetero) is 1. The van der Waals surface area contributed by atoms with Crippen molar-refractivity contribution in [2.24, 2.45) is 45.4 Å². The van der Waals surface area contributed by atoms with Crippen molar-refractivity contribution in [3.63, 3.8) is 0 Å². The molecule has 0 radical (unpaired) electrons. The summed E-state index contributed by atoms with van der Waals surface area (Å²) in [6.45, 7) is 5.56. The molecule has 4 aliphatic rings. The highest BCUT2D eigenvalue weighted by atomic mass is 16.6. The SMILES string of the molecule is C[C@]12CCC(=NOCCN)CC1[C@@H](NC=O)C[C@@H]1[C@@H]2CC[C@]2(C)C(=O)CC[C@@H]12. The van der Waals surface area contributed by atoms with Crippen molar-refractivity contribution in [3.8, 4) is 0 Å². The van der Waals surface area contributed by atoms with E-state index in [0.29, 0.717) is 42.6 Å². The molecular weight excluding hydrogens is 354 g/mol. The minimum Gasteiger partial charge on any atom is -0.395 e. The van der Waals surface area contributed by atoms with Crippen molar-refractivity contribution in [1.82, 2.24) is 5.32 Å². The molecule has 4 rings (SSSR count). The molecule has 0 saturated heterocycles. The van der Waals surface area contributed by atoms with Crippen LogP contribution >= 0.6 is 0 Å². The Kier molecular flexibility index (Phi) is 5.27. The molecule has 4 saturated carbocycles. The number of hydrogen-bond donors (Lipinski definition) is 2. The summed E-state index contributed by atoms with van der Waals surface area (Å²) in [6, 6.07) is 0.154. The molecule has 0 heterocycles. The second kappa shape index (κ2) is 7.43. The van der Waals surface area contributed by atoms with E-state index < -0.39 is 0 Å². The van der Waals surface area contributed by atoms with Gasteiger partial charge in [-0.25, -0.2) is 0 Å². The third-order valence-electron chi connectivity index (χ3n) is 8.94. The van der Waals surface area contributed by atoms with Gasteiger partial charge in [0, 0.05) is 24.4 Å². The molecule has 0 spiro atoms. The van der Waals surface area contributed by atoms with E-state index in [2.05, 4.69) is 24.3 Å². The molecule has 7 atom stereocenters. The second-order valence-corrected chi connectivity index (χ2v) is 10.0. The number of oxime groups is 1. The summed E-state index contributed by atoms with van der Waals surface area (Å²) in [7, 11) is 0. The molecule has 0 aromatic carbocycles. The van der Waals surface area contributed by atoms with Gasteiger partial charge in [0.25, 0.3) is 0 Å². The molecule has 0 aromatic heterocycles. The van der Waals surface area contributed by atoms with E-state index in [9.17, 15) is 9.59 Å². The molecule has 0 aromatic rings. The monoisotopic (exact) mass is 389 g/mol. The van der Waals surface area contributed by atoms with E-state index in [1.54, 1.807) is 0 Å². The number of nitrogens with zero attached hydrogens (tertiary/aromatic N) is 1. The summed E-state index contributed by atoms with van der Waals surface area (Å²) < 4.78 is 0. The van der Waals surface area contributed by atoms with Gasteiger partial charge in [0.2, 0.25) is 6.41 Å². The number of hydrogen-bond acceptors (Lipinski definition) is 5. The molecule has 4 fully saturated rings. The molecule has 0 aliphatic heterocycles. The summed E-state index contributed by atoms with van der Waals surface area (Å²) in [6.07, 6.45) is 8.73. The Balaban J connectivity index is 1.61. The number of nitrogens with two attached hydrogens (primary N) is 1. The molecule has 1 amide bonds. The number of fused-ring (bicyclic) bond motifs is 5. The lowest BCUT2D eigenvalue weighted by atomic mass is 9.44. The lowest BCUT2D eigenvalue weighted by Gasteiger charge is -2.61. The number of amides is 1. The highest BCUT2D eigenvalue weighted by Gasteiger charge is 2.62. The van der Waals surface area contributed by atoms with Crippen LogP contribution in [0.15, 0.2) is 5.16 Å². The highest BCUT2D eigenvalue weighted by Crippen LogP contribution is 2.65. The van der Waals surface area contributed by atoms with Crippen LogP contribution in [0.3, 0.4) is 0 Å². The van der Waals surface area contributed by atoms with Crippen LogP contribution in [-0.4, -0.2) is 37.1 Å². The van der Waals surface area contributed by atoms with Gasteiger partial charge in [-0.05, 0) is 74.0 Å².